The lowest BCUT2D eigenvalue weighted by atomic mass is 9.93. The van der Waals surface area contributed by atoms with Crippen molar-refractivity contribution in [3.8, 4) is 0 Å². The fourth-order valence-corrected chi connectivity index (χ4v) is 4.56. The summed E-state index contributed by atoms with van der Waals surface area (Å²) in [6.07, 6.45) is 1.73. The van der Waals surface area contributed by atoms with Gasteiger partial charge in [0, 0.05) is 35.8 Å². The normalized spacial score (nSPS) is 15.0. The van der Waals surface area contributed by atoms with Gasteiger partial charge in [0.1, 0.15) is 11.6 Å². The maximum absolute atomic E-state index is 13.9. The van der Waals surface area contributed by atoms with Gasteiger partial charge in [0.25, 0.3) is 0 Å². The molecule has 0 spiro atoms. The lowest BCUT2D eigenvalue weighted by Crippen LogP contribution is -2.60. The van der Waals surface area contributed by atoms with E-state index in [0.29, 0.717) is 13.1 Å². The van der Waals surface area contributed by atoms with E-state index >= 15 is 0 Å². The van der Waals surface area contributed by atoms with Gasteiger partial charge >= 0.3 is 6.03 Å². The van der Waals surface area contributed by atoms with Crippen molar-refractivity contribution in [2.75, 3.05) is 18.4 Å². The number of carbonyl (C=O) groups is 1. The third-order valence-corrected chi connectivity index (χ3v) is 6.21. The molecule has 1 saturated heterocycles. The van der Waals surface area contributed by atoms with Crippen LogP contribution in [0.5, 0.6) is 0 Å². The van der Waals surface area contributed by atoms with Crippen LogP contribution in [0.2, 0.25) is 0 Å². The van der Waals surface area contributed by atoms with E-state index in [1.807, 2.05) is 37.3 Å². The average Bonchev–Trinajstić information content (AvgIpc) is 2.79. The van der Waals surface area contributed by atoms with Crippen LogP contribution >= 0.6 is 0 Å². The fraction of sp³-hybridized carbons (Fsp3) is 0.185. The second-order valence-electron chi connectivity index (χ2n) is 8.56. The highest BCUT2D eigenvalue weighted by atomic mass is 19.1. The number of hydrogen-bond donors (Lipinski definition) is 2. The Morgan fingerprint density at radius 3 is 2.47 bits per heavy atom. The number of urea groups is 1. The number of aromatic nitrogens is 1. The molecule has 3 aromatic carbocycles. The van der Waals surface area contributed by atoms with Crippen LogP contribution in [0.15, 0.2) is 79.0 Å². The Hall–Kier alpha value is -3.84. The van der Waals surface area contributed by atoms with Crippen LogP contribution in [-0.2, 0) is 0 Å². The Bertz CT molecular complexity index is 1340. The van der Waals surface area contributed by atoms with E-state index in [2.05, 4.69) is 20.5 Å². The van der Waals surface area contributed by atoms with Crippen molar-refractivity contribution in [3.05, 3.63) is 107 Å². The van der Waals surface area contributed by atoms with Crippen molar-refractivity contribution < 1.29 is 13.6 Å². The summed E-state index contributed by atoms with van der Waals surface area (Å²) in [6, 6.07) is 19.7. The first-order valence-corrected chi connectivity index (χ1v) is 11.1. The number of aryl methyl sites for hydroxylation is 1. The molecule has 4 aromatic rings. The maximum Gasteiger partial charge on any atom is 0.319 e. The van der Waals surface area contributed by atoms with E-state index in [-0.39, 0.29) is 29.7 Å². The number of nitrogens with one attached hydrogen (secondary N) is 2. The number of carbonyl (C=O) groups excluding carboxylic acids is 1. The number of amides is 2. The minimum absolute atomic E-state index is 0.0603. The minimum Gasteiger partial charge on any atom is -0.333 e. The Balaban J connectivity index is 1.27. The highest BCUT2D eigenvalue weighted by Gasteiger charge is 2.35. The zero-order valence-electron chi connectivity index (χ0n) is 18.6. The van der Waals surface area contributed by atoms with Crippen molar-refractivity contribution >= 4 is 22.5 Å². The number of pyridine rings is 1. The second kappa shape index (κ2) is 9.19. The van der Waals surface area contributed by atoms with Crippen LogP contribution in [0, 0.1) is 18.6 Å². The standard InChI is InChI=1S/C27H24F2N4O/c1-17-23-6-3-7-25(24(23)12-13-30-17)32-27(34)31-22-15-33(16-22)26(18-8-10-20(28)11-9-18)19-4-2-5-21(29)14-19/h2-14,22,26H,15-16H2,1H3,(H2,31,32,34). The lowest BCUT2D eigenvalue weighted by Gasteiger charge is -2.45. The minimum atomic E-state index is -0.320. The summed E-state index contributed by atoms with van der Waals surface area (Å²) < 4.78 is 27.4. The summed E-state index contributed by atoms with van der Waals surface area (Å²) >= 11 is 0. The number of rotatable bonds is 5. The van der Waals surface area contributed by atoms with Gasteiger partial charge in [0.2, 0.25) is 0 Å². The average molecular weight is 459 g/mol. The number of fused-ring (bicyclic) bond motifs is 1. The first-order valence-electron chi connectivity index (χ1n) is 11.1. The number of nitrogens with zero attached hydrogens (tertiary/aromatic N) is 2. The van der Waals surface area contributed by atoms with Gasteiger partial charge in [0.05, 0.1) is 17.8 Å². The van der Waals surface area contributed by atoms with Crippen molar-refractivity contribution in [2.45, 2.75) is 19.0 Å². The largest absolute Gasteiger partial charge is 0.333 e. The van der Waals surface area contributed by atoms with E-state index < -0.39 is 0 Å². The van der Waals surface area contributed by atoms with E-state index in [0.717, 1.165) is 33.3 Å². The monoisotopic (exact) mass is 458 g/mol. The molecular weight excluding hydrogens is 434 g/mol. The van der Waals surface area contributed by atoms with Crippen LogP contribution in [0.25, 0.3) is 10.8 Å². The van der Waals surface area contributed by atoms with Gasteiger partial charge in [-0.3, -0.25) is 9.88 Å². The molecule has 5 nitrogen and oxygen atoms in total. The molecule has 2 heterocycles. The Kier molecular flexibility index (Phi) is 5.94. The van der Waals surface area contributed by atoms with Gasteiger partial charge in [0.15, 0.2) is 0 Å². The summed E-state index contributed by atoms with van der Waals surface area (Å²) in [5, 5.41) is 7.88. The summed E-state index contributed by atoms with van der Waals surface area (Å²) in [6.45, 7) is 3.11. The molecule has 0 radical (unpaired) electrons. The third-order valence-electron chi connectivity index (χ3n) is 6.21. The summed E-state index contributed by atoms with van der Waals surface area (Å²) in [5.74, 6) is -0.638. The molecule has 1 atom stereocenters. The number of benzene rings is 3. The van der Waals surface area contributed by atoms with Crippen molar-refractivity contribution in [1.82, 2.24) is 15.2 Å². The molecule has 172 valence electrons. The molecule has 2 N–H and O–H groups in total. The van der Waals surface area contributed by atoms with Gasteiger partial charge in [-0.2, -0.15) is 0 Å². The van der Waals surface area contributed by atoms with Gasteiger partial charge < -0.3 is 10.6 Å². The Morgan fingerprint density at radius 2 is 1.71 bits per heavy atom. The molecule has 5 rings (SSSR count). The van der Waals surface area contributed by atoms with Gasteiger partial charge in [-0.1, -0.05) is 36.4 Å². The first kappa shape index (κ1) is 22.0. The molecule has 0 bridgehead atoms. The number of hydrogen-bond acceptors (Lipinski definition) is 3. The number of halogens is 2. The third kappa shape index (κ3) is 4.47. The van der Waals surface area contributed by atoms with Gasteiger partial charge in [-0.25, -0.2) is 13.6 Å². The number of likely N-dealkylation sites (tertiary alicyclic amines) is 1. The van der Waals surface area contributed by atoms with Crippen molar-refractivity contribution in [2.24, 2.45) is 0 Å². The van der Waals surface area contributed by atoms with E-state index in [4.69, 9.17) is 0 Å². The molecule has 1 aromatic heterocycles. The van der Waals surface area contributed by atoms with Crippen LogP contribution in [0.4, 0.5) is 19.3 Å². The molecule has 7 heteroatoms. The molecule has 1 aliphatic heterocycles. The summed E-state index contributed by atoms with van der Waals surface area (Å²) in [7, 11) is 0. The zero-order chi connectivity index (χ0) is 23.7. The molecule has 0 saturated carbocycles. The molecule has 1 unspecified atom stereocenters. The molecule has 34 heavy (non-hydrogen) atoms. The van der Waals surface area contributed by atoms with Gasteiger partial charge in [-0.15, -0.1) is 0 Å². The summed E-state index contributed by atoms with van der Waals surface area (Å²) in [5.41, 5.74) is 3.28. The number of anilines is 1. The van der Waals surface area contributed by atoms with E-state index in [9.17, 15) is 13.6 Å². The smallest absolute Gasteiger partial charge is 0.319 e. The quantitative estimate of drug-likeness (QED) is 0.420. The molecule has 2 amide bonds. The van der Waals surface area contributed by atoms with E-state index in [1.165, 1.54) is 24.3 Å². The van der Waals surface area contributed by atoms with Crippen LogP contribution < -0.4 is 10.6 Å². The molecule has 1 aliphatic rings. The first-order chi connectivity index (χ1) is 16.5. The SMILES string of the molecule is Cc1nccc2c(NC(=O)NC3CN(C(c4ccc(F)cc4)c4cccc(F)c4)C3)cccc12. The Labute approximate surface area is 196 Å². The van der Waals surface area contributed by atoms with Gasteiger partial charge in [-0.05, 0) is 54.4 Å². The highest BCUT2D eigenvalue weighted by molar-refractivity contribution is 6.02. The Morgan fingerprint density at radius 1 is 0.941 bits per heavy atom. The fourth-order valence-electron chi connectivity index (χ4n) is 4.56. The molecule has 1 fully saturated rings. The molecule has 0 aliphatic carbocycles. The topological polar surface area (TPSA) is 57.3 Å². The molecular formula is C27H24F2N4O. The van der Waals surface area contributed by atoms with Crippen molar-refractivity contribution in [3.63, 3.8) is 0 Å². The lowest BCUT2D eigenvalue weighted by molar-refractivity contribution is 0.0985. The maximum atomic E-state index is 13.9. The van der Waals surface area contributed by atoms with Crippen LogP contribution in [-0.4, -0.2) is 35.0 Å². The van der Waals surface area contributed by atoms with Crippen molar-refractivity contribution in [1.29, 1.82) is 0 Å². The van der Waals surface area contributed by atoms with E-state index in [1.54, 1.807) is 24.4 Å². The zero-order valence-corrected chi connectivity index (χ0v) is 18.6. The summed E-state index contributed by atoms with van der Waals surface area (Å²) in [4.78, 5) is 19.1. The van der Waals surface area contributed by atoms with Crippen LogP contribution in [0.3, 0.4) is 0 Å². The van der Waals surface area contributed by atoms with Crippen LogP contribution in [0.1, 0.15) is 22.9 Å². The second-order valence-corrected chi connectivity index (χ2v) is 8.56. The predicted molar refractivity (Wildman–Crippen MR) is 129 cm³/mol. The predicted octanol–water partition coefficient (Wildman–Crippen LogP) is 5.42. The highest BCUT2D eigenvalue weighted by Crippen LogP contribution is 2.33.